The predicted octanol–water partition coefficient (Wildman–Crippen LogP) is 3.63. The van der Waals surface area contributed by atoms with Crippen LogP contribution in [0.3, 0.4) is 0 Å². The molecule has 2 nitrogen and oxygen atoms in total. The Hall–Kier alpha value is -1.35. The topological polar surface area (TPSA) is 25.2 Å². The summed E-state index contributed by atoms with van der Waals surface area (Å²) in [6, 6.07) is 6.72. The molecule has 2 aromatic rings. The fraction of sp³-hybridized carbons (Fsp3) is 0.385. The van der Waals surface area contributed by atoms with E-state index in [0.29, 0.717) is 0 Å². The van der Waals surface area contributed by atoms with Gasteiger partial charge in [-0.1, -0.05) is 13.8 Å². The zero-order valence-electron chi connectivity index (χ0n) is 9.59. The summed E-state index contributed by atoms with van der Waals surface area (Å²) in [5.41, 5.74) is 0.743. The molecule has 0 saturated carbocycles. The minimum Gasteiger partial charge on any atom is -0.459 e. The SMILES string of the molecule is CCNC(CC)c1cc2cc(F)ccc2o1. The first kappa shape index (κ1) is 11.1. The second-order valence-electron chi connectivity index (χ2n) is 3.85. The average Bonchev–Trinajstić information content (AvgIpc) is 2.68. The lowest BCUT2D eigenvalue weighted by Gasteiger charge is -2.11. The molecular formula is C13H16FNO. The highest BCUT2D eigenvalue weighted by atomic mass is 19.1. The van der Waals surface area contributed by atoms with Gasteiger partial charge in [0.15, 0.2) is 0 Å². The molecule has 0 aliphatic rings. The van der Waals surface area contributed by atoms with E-state index in [1.807, 2.05) is 6.07 Å². The summed E-state index contributed by atoms with van der Waals surface area (Å²) in [5.74, 6) is 0.654. The van der Waals surface area contributed by atoms with Crippen molar-refractivity contribution in [3.63, 3.8) is 0 Å². The first-order valence-corrected chi connectivity index (χ1v) is 5.67. The zero-order valence-corrected chi connectivity index (χ0v) is 9.59. The maximum absolute atomic E-state index is 13.0. The van der Waals surface area contributed by atoms with Crippen molar-refractivity contribution in [3.8, 4) is 0 Å². The first-order chi connectivity index (χ1) is 7.74. The molecule has 1 N–H and O–H groups in total. The number of rotatable bonds is 4. The van der Waals surface area contributed by atoms with Crippen molar-refractivity contribution in [1.82, 2.24) is 5.32 Å². The highest BCUT2D eigenvalue weighted by molar-refractivity contribution is 5.78. The summed E-state index contributed by atoms with van der Waals surface area (Å²) >= 11 is 0. The summed E-state index contributed by atoms with van der Waals surface area (Å²) in [7, 11) is 0. The Kier molecular flexibility index (Phi) is 3.25. The van der Waals surface area contributed by atoms with Crippen LogP contribution < -0.4 is 5.32 Å². The van der Waals surface area contributed by atoms with Gasteiger partial charge in [0.1, 0.15) is 17.2 Å². The summed E-state index contributed by atoms with van der Waals surface area (Å²) < 4.78 is 18.7. The highest BCUT2D eigenvalue weighted by Gasteiger charge is 2.13. The quantitative estimate of drug-likeness (QED) is 0.852. The number of hydrogen-bond donors (Lipinski definition) is 1. The second kappa shape index (κ2) is 4.66. The van der Waals surface area contributed by atoms with Crippen molar-refractivity contribution >= 4 is 11.0 Å². The normalized spacial score (nSPS) is 13.2. The van der Waals surface area contributed by atoms with E-state index in [-0.39, 0.29) is 11.9 Å². The molecule has 16 heavy (non-hydrogen) atoms. The Morgan fingerprint density at radius 2 is 2.12 bits per heavy atom. The molecule has 0 fully saturated rings. The predicted molar refractivity (Wildman–Crippen MR) is 62.9 cm³/mol. The molecule has 0 aliphatic heterocycles. The molecule has 86 valence electrons. The lowest BCUT2D eigenvalue weighted by Crippen LogP contribution is -2.19. The fourth-order valence-electron chi connectivity index (χ4n) is 1.90. The first-order valence-electron chi connectivity index (χ1n) is 5.67. The Morgan fingerprint density at radius 1 is 1.31 bits per heavy atom. The lowest BCUT2D eigenvalue weighted by molar-refractivity contribution is 0.428. The molecule has 0 saturated heterocycles. The van der Waals surface area contributed by atoms with Crippen LogP contribution in [0.15, 0.2) is 28.7 Å². The van der Waals surface area contributed by atoms with Crippen molar-refractivity contribution in [1.29, 1.82) is 0 Å². The smallest absolute Gasteiger partial charge is 0.134 e. The Morgan fingerprint density at radius 3 is 2.81 bits per heavy atom. The third-order valence-corrected chi connectivity index (χ3v) is 2.70. The minimum absolute atomic E-state index is 0.209. The van der Waals surface area contributed by atoms with Gasteiger partial charge in [0, 0.05) is 5.39 Å². The van der Waals surface area contributed by atoms with Crippen LogP contribution in [-0.4, -0.2) is 6.54 Å². The van der Waals surface area contributed by atoms with Gasteiger partial charge in [-0.25, -0.2) is 4.39 Å². The molecule has 3 heteroatoms. The molecule has 1 atom stereocenters. The van der Waals surface area contributed by atoms with Crippen molar-refractivity contribution in [2.24, 2.45) is 0 Å². The standard InChI is InChI=1S/C13H16FNO/c1-3-11(15-4-2)13-8-9-7-10(14)5-6-12(9)16-13/h5-8,11,15H,3-4H2,1-2H3. The molecule has 0 amide bonds. The molecule has 0 bridgehead atoms. The van der Waals surface area contributed by atoms with Gasteiger partial charge in [-0.15, -0.1) is 0 Å². The number of halogens is 1. The van der Waals surface area contributed by atoms with Gasteiger partial charge in [0.05, 0.1) is 6.04 Å². The van der Waals surface area contributed by atoms with Gasteiger partial charge in [-0.05, 0) is 37.2 Å². The van der Waals surface area contributed by atoms with Gasteiger partial charge in [-0.3, -0.25) is 0 Å². The molecule has 1 aromatic carbocycles. The van der Waals surface area contributed by atoms with E-state index in [1.165, 1.54) is 12.1 Å². The third kappa shape index (κ3) is 2.09. The Balaban J connectivity index is 2.37. The van der Waals surface area contributed by atoms with Gasteiger partial charge < -0.3 is 9.73 Å². The van der Waals surface area contributed by atoms with Crippen LogP contribution in [0.2, 0.25) is 0 Å². The van der Waals surface area contributed by atoms with Crippen LogP contribution in [0, 0.1) is 5.82 Å². The highest BCUT2D eigenvalue weighted by Crippen LogP contribution is 2.26. The third-order valence-electron chi connectivity index (χ3n) is 2.70. The van der Waals surface area contributed by atoms with Crippen LogP contribution >= 0.6 is 0 Å². The minimum atomic E-state index is -0.226. The molecule has 0 radical (unpaired) electrons. The Labute approximate surface area is 94.4 Å². The number of fused-ring (bicyclic) bond motifs is 1. The summed E-state index contributed by atoms with van der Waals surface area (Å²) in [4.78, 5) is 0. The maximum Gasteiger partial charge on any atom is 0.134 e. The van der Waals surface area contributed by atoms with Gasteiger partial charge in [-0.2, -0.15) is 0 Å². The number of hydrogen-bond acceptors (Lipinski definition) is 2. The van der Waals surface area contributed by atoms with Crippen LogP contribution in [0.5, 0.6) is 0 Å². The van der Waals surface area contributed by atoms with Crippen molar-refractivity contribution in [2.75, 3.05) is 6.54 Å². The molecule has 0 aliphatic carbocycles. The van der Waals surface area contributed by atoms with Gasteiger partial charge in [0.2, 0.25) is 0 Å². The van der Waals surface area contributed by atoms with Crippen LogP contribution in [0.4, 0.5) is 4.39 Å². The molecule has 1 aromatic heterocycles. The van der Waals surface area contributed by atoms with E-state index in [0.717, 1.165) is 29.7 Å². The summed E-state index contributed by atoms with van der Waals surface area (Å²) in [5, 5.41) is 4.16. The largest absolute Gasteiger partial charge is 0.459 e. The Bertz CT molecular complexity index is 478. The second-order valence-corrected chi connectivity index (χ2v) is 3.85. The van der Waals surface area contributed by atoms with E-state index in [2.05, 4.69) is 19.2 Å². The van der Waals surface area contributed by atoms with E-state index in [9.17, 15) is 4.39 Å². The van der Waals surface area contributed by atoms with Crippen LogP contribution in [0.1, 0.15) is 32.1 Å². The summed E-state index contributed by atoms with van der Waals surface area (Å²) in [6.07, 6.45) is 0.955. The van der Waals surface area contributed by atoms with Crippen molar-refractivity contribution < 1.29 is 8.81 Å². The van der Waals surface area contributed by atoms with E-state index >= 15 is 0 Å². The monoisotopic (exact) mass is 221 g/mol. The van der Waals surface area contributed by atoms with Gasteiger partial charge >= 0.3 is 0 Å². The maximum atomic E-state index is 13.0. The fourth-order valence-corrected chi connectivity index (χ4v) is 1.90. The van der Waals surface area contributed by atoms with E-state index < -0.39 is 0 Å². The zero-order chi connectivity index (χ0) is 11.5. The lowest BCUT2D eigenvalue weighted by atomic mass is 10.1. The van der Waals surface area contributed by atoms with Crippen LogP contribution in [-0.2, 0) is 0 Å². The van der Waals surface area contributed by atoms with E-state index in [1.54, 1.807) is 6.07 Å². The molecule has 1 unspecified atom stereocenters. The molecule has 1 heterocycles. The van der Waals surface area contributed by atoms with Gasteiger partial charge in [0.25, 0.3) is 0 Å². The molecular weight excluding hydrogens is 205 g/mol. The molecule has 0 spiro atoms. The van der Waals surface area contributed by atoms with E-state index in [4.69, 9.17) is 4.42 Å². The van der Waals surface area contributed by atoms with Crippen LogP contribution in [0.25, 0.3) is 11.0 Å². The van der Waals surface area contributed by atoms with Crippen molar-refractivity contribution in [3.05, 3.63) is 35.8 Å². The number of nitrogens with one attached hydrogen (secondary N) is 1. The number of benzene rings is 1. The average molecular weight is 221 g/mol. The molecule has 2 rings (SSSR count). The number of furan rings is 1. The summed E-state index contributed by atoms with van der Waals surface area (Å²) in [6.45, 7) is 5.05. The van der Waals surface area contributed by atoms with Crippen molar-refractivity contribution in [2.45, 2.75) is 26.3 Å².